The van der Waals surface area contributed by atoms with Crippen molar-refractivity contribution in [2.45, 2.75) is 18.5 Å². The van der Waals surface area contributed by atoms with Crippen LogP contribution in [0.5, 0.6) is 0 Å². The Morgan fingerprint density at radius 1 is 1.39 bits per heavy atom. The number of hydrogen-bond acceptors (Lipinski definition) is 3. The summed E-state index contributed by atoms with van der Waals surface area (Å²) in [7, 11) is 0.969. The van der Waals surface area contributed by atoms with E-state index in [1.807, 2.05) is 0 Å². The van der Waals surface area contributed by atoms with Crippen LogP contribution in [0.1, 0.15) is 17.9 Å². The number of aromatic nitrogens is 1. The van der Waals surface area contributed by atoms with Crippen LogP contribution < -0.4 is 0 Å². The molecule has 0 fully saturated rings. The van der Waals surface area contributed by atoms with Gasteiger partial charge in [0.15, 0.2) is 0 Å². The SMILES string of the molecule is O=S(=O)(Cl)CCC(c1ccc(Br)nc1)C(F)(F)F. The van der Waals surface area contributed by atoms with E-state index in [1.54, 1.807) is 0 Å². The molecule has 102 valence electrons. The van der Waals surface area contributed by atoms with Crippen molar-refractivity contribution in [2.75, 3.05) is 5.75 Å². The Bertz CT molecular complexity index is 504. The molecule has 1 heterocycles. The molecule has 0 aliphatic rings. The first kappa shape index (κ1) is 15.7. The lowest BCUT2D eigenvalue weighted by molar-refractivity contribution is -0.150. The molecular formula is C9H8BrClF3NO2S. The van der Waals surface area contributed by atoms with Crippen molar-refractivity contribution in [3.8, 4) is 0 Å². The Kier molecular flexibility index (Phi) is 5.02. The molecule has 18 heavy (non-hydrogen) atoms. The first-order chi connectivity index (χ1) is 8.09. The molecule has 1 rings (SSSR count). The average Bonchev–Trinajstić information content (AvgIpc) is 2.17. The van der Waals surface area contributed by atoms with Crippen LogP contribution in [-0.2, 0) is 9.05 Å². The van der Waals surface area contributed by atoms with E-state index < -0.39 is 33.3 Å². The fourth-order valence-corrected chi connectivity index (χ4v) is 2.39. The Labute approximate surface area is 115 Å². The van der Waals surface area contributed by atoms with Crippen molar-refractivity contribution in [2.24, 2.45) is 0 Å². The molecule has 3 nitrogen and oxygen atoms in total. The number of alkyl halides is 3. The second kappa shape index (κ2) is 5.75. The van der Waals surface area contributed by atoms with Crippen molar-refractivity contribution in [3.05, 3.63) is 28.5 Å². The fraction of sp³-hybridized carbons (Fsp3) is 0.444. The summed E-state index contributed by atoms with van der Waals surface area (Å²) >= 11 is 3.01. The van der Waals surface area contributed by atoms with Gasteiger partial charge in [0.05, 0.1) is 11.7 Å². The maximum absolute atomic E-state index is 12.8. The number of pyridine rings is 1. The molecule has 0 amide bonds. The lowest BCUT2D eigenvalue weighted by Crippen LogP contribution is -2.23. The lowest BCUT2D eigenvalue weighted by atomic mass is 9.98. The molecule has 9 heteroatoms. The molecule has 1 aromatic heterocycles. The van der Waals surface area contributed by atoms with Gasteiger partial charge in [-0.2, -0.15) is 13.2 Å². The predicted octanol–water partition coefficient (Wildman–Crippen LogP) is 3.45. The highest BCUT2D eigenvalue weighted by molar-refractivity contribution is 9.10. The molecule has 0 radical (unpaired) electrons. The van der Waals surface area contributed by atoms with Gasteiger partial charge >= 0.3 is 6.18 Å². The minimum absolute atomic E-state index is 0.0917. The maximum atomic E-state index is 12.8. The number of halogens is 5. The summed E-state index contributed by atoms with van der Waals surface area (Å²) in [6.45, 7) is 0. The van der Waals surface area contributed by atoms with Crippen molar-refractivity contribution in [3.63, 3.8) is 0 Å². The zero-order valence-corrected chi connectivity index (χ0v) is 11.9. The Hall–Kier alpha value is -0.340. The van der Waals surface area contributed by atoms with Crippen LogP contribution in [0.25, 0.3) is 0 Å². The summed E-state index contributed by atoms with van der Waals surface area (Å²) in [6, 6.07) is 2.61. The second-order valence-electron chi connectivity index (χ2n) is 3.54. The van der Waals surface area contributed by atoms with E-state index in [0.717, 1.165) is 6.20 Å². The third-order valence-corrected chi connectivity index (χ3v) is 3.85. The van der Waals surface area contributed by atoms with Crippen LogP contribution in [0, 0.1) is 0 Å². The predicted molar refractivity (Wildman–Crippen MR) is 65.0 cm³/mol. The molecule has 0 spiro atoms. The van der Waals surface area contributed by atoms with E-state index in [9.17, 15) is 21.6 Å². The lowest BCUT2D eigenvalue weighted by Gasteiger charge is -2.19. The molecule has 0 N–H and O–H groups in total. The molecule has 0 bridgehead atoms. The summed E-state index contributed by atoms with van der Waals surface area (Å²) in [5.74, 6) is -2.64. The Morgan fingerprint density at radius 2 is 2.00 bits per heavy atom. The van der Waals surface area contributed by atoms with Gasteiger partial charge < -0.3 is 0 Å². The molecule has 0 aromatic carbocycles. The van der Waals surface area contributed by atoms with Gasteiger partial charge in [-0.3, -0.25) is 0 Å². The highest BCUT2D eigenvalue weighted by Crippen LogP contribution is 2.37. The van der Waals surface area contributed by atoms with Gasteiger partial charge in [0.1, 0.15) is 4.60 Å². The zero-order valence-electron chi connectivity index (χ0n) is 8.79. The minimum Gasteiger partial charge on any atom is -0.249 e. The summed E-state index contributed by atoms with van der Waals surface area (Å²) in [5, 5.41) is 0. The summed E-state index contributed by atoms with van der Waals surface area (Å²) in [4.78, 5) is 3.69. The van der Waals surface area contributed by atoms with E-state index >= 15 is 0 Å². The van der Waals surface area contributed by atoms with E-state index in [-0.39, 0.29) is 5.56 Å². The standard InChI is InChI=1S/C9H8BrClF3NO2S/c10-8-2-1-6(5-15-8)7(9(12,13)14)3-4-18(11,16)17/h1-2,5,7H,3-4H2. The van der Waals surface area contributed by atoms with Gasteiger partial charge in [-0.05, 0) is 34.0 Å². The van der Waals surface area contributed by atoms with Crippen LogP contribution in [-0.4, -0.2) is 25.3 Å². The van der Waals surface area contributed by atoms with Crippen molar-refractivity contribution < 1.29 is 21.6 Å². The highest BCUT2D eigenvalue weighted by Gasteiger charge is 2.41. The summed E-state index contributed by atoms with van der Waals surface area (Å²) in [5.41, 5.74) is -0.0917. The zero-order chi connectivity index (χ0) is 14.0. The van der Waals surface area contributed by atoms with Gasteiger partial charge in [-0.15, -0.1) is 0 Å². The second-order valence-corrected chi connectivity index (χ2v) is 7.25. The number of hydrogen-bond donors (Lipinski definition) is 0. The van der Waals surface area contributed by atoms with Crippen molar-refractivity contribution in [1.29, 1.82) is 0 Å². The topological polar surface area (TPSA) is 47.0 Å². The van der Waals surface area contributed by atoms with Gasteiger partial charge in [0.25, 0.3) is 0 Å². The van der Waals surface area contributed by atoms with Crippen molar-refractivity contribution in [1.82, 2.24) is 4.98 Å². The smallest absolute Gasteiger partial charge is 0.249 e. The molecule has 1 atom stereocenters. The van der Waals surface area contributed by atoms with Gasteiger partial charge in [-0.1, -0.05) is 6.07 Å². The van der Waals surface area contributed by atoms with Gasteiger partial charge in [-0.25, -0.2) is 13.4 Å². The Morgan fingerprint density at radius 3 is 2.39 bits per heavy atom. The van der Waals surface area contributed by atoms with Gasteiger partial charge in [0, 0.05) is 16.9 Å². The first-order valence-corrected chi connectivity index (χ1v) is 7.97. The van der Waals surface area contributed by atoms with Crippen LogP contribution in [0.3, 0.4) is 0 Å². The monoisotopic (exact) mass is 365 g/mol. The molecule has 1 aromatic rings. The molecule has 0 aliphatic carbocycles. The van der Waals surface area contributed by atoms with E-state index in [1.165, 1.54) is 12.1 Å². The van der Waals surface area contributed by atoms with E-state index in [2.05, 4.69) is 20.9 Å². The normalized spacial score (nSPS) is 14.5. The molecular weight excluding hydrogens is 359 g/mol. The number of rotatable bonds is 4. The van der Waals surface area contributed by atoms with E-state index in [4.69, 9.17) is 10.7 Å². The van der Waals surface area contributed by atoms with Crippen LogP contribution in [0.15, 0.2) is 22.9 Å². The van der Waals surface area contributed by atoms with E-state index in [0.29, 0.717) is 4.60 Å². The third-order valence-electron chi connectivity index (χ3n) is 2.20. The Balaban J connectivity index is 2.96. The quantitative estimate of drug-likeness (QED) is 0.606. The highest BCUT2D eigenvalue weighted by atomic mass is 79.9. The molecule has 0 saturated heterocycles. The molecule has 0 aliphatic heterocycles. The number of nitrogens with zero attached hydrogens (tertiary/aromatic N) is 1. The molecule has 0 saturated carbocycles. The largest absolute Gasteiger partial charge is 0.395 e. The van der Waals surface area contributed by atoms with Crippen LogP contribution >= 0.6 is 26.6 Å². The maximum Gasteiger partial charge on any atom is 0.395 e. The first-order valence-electron chi connectivity index (χ1n) is 4.70. The van der Waals surface area contributed by atoms with Crippen molar-refractivity contribution >= 4 is 35.7 Å². The van der Waals surface area contributed by atoms with Crippen LogP contribution in [0.2, 0.25) is 0 Å². The third kappa shape index (κ3) is 5.11. The fourth-order valence-electron chi connectivity index (χ4n) is 1.37. The average molecular weight is 367 g/mol. The van der Waals surface area contributed by atoms with Gasteiger partial charge in [0.2, 0.25) is 9.05 Å². The molecule has 1 unspecified atom stereocenters. The summed E-state index contributed by atoms with van der Waals surface area (Å²) in [6.07, 6.45) is -4.11. The summed E-state index contributed by atoms with van der Waals surface area (Å²) < 4.78 is 60.3. The van der Waals surface area contributed by atoms with Crippen LogP contribution in [0.4, 0.5) is 13.2 Å². The minimum atomic E-state index is -4.54.